The van der Waals surface area contributed by atoms with Crippen molar-refractivity contribution in [2.24, 2.45) is 0 Å². The summed E-state index contributed by atoms with van der Waals surface area (Å²) in [7, 11) is 0. The van der Waals surface area contributed by atoms with Gasteiger partial charge >= 0.3 is 0 Å². The Bertz CT molecular complexity index is 972. The summed E-state index contributed by atoms with van der Waals surface area (Å²) in [6.07, 6.45) is 2.36. The van der Waals surface area contributed by atoms with Crippen LogP contribution in [0.4, 0.5) is 0 Å². The summed E-state index contributed by atoms with van der Waals surface area (Å²) in [5, 5.41) is 13.5. The second-order valence-corrected chi connectivity index (χ2v) is 5.79. The Balaban J connectivity index is 1.82. The number of pyridine rings is 1. The molecule has 0 bridgehead atoms. The molecule has 0 aliphatic carbocycles. The van der Waals surface area contributed by atoms with E-state index >= 15 is 0 Å². The topological polar surface area (TPSA) is 73.0 Å². The van der Waals surface area contributed by atoms with Gasteiger partial charge in [0, 0.05) is 17.5 Å². The van der Waals surface area contributed by atoms with E-state index in [1.807, 2.05) is 49.5 Å². The smallest absolute Gasteiger partial charge is 0.231 e. The quantitative estimate of drug-likeness (QED) is 0.730. The van der Waals surface area contributed by atoms with Crippen LogP contribution in [0.2, 0.25) is 0 Å². The molecular formula is C19H16N4O2. The van der Waals surface area contributed by atoms with Gasteiger partial charge in [-0.15, -0.1) is 0 Å². The van der Waals surface area contributed by atoms with Gasteiger partial charge in [-0.25, -0.2) is 0 Å². The Morgan fingerprint density at radius 2 is 2.08 bits per heavy atom. The minimum absolute atomic E-state index is 0.243. The van der Waals surface area contributed by atoms with Crippen LogP contribution in [0, 0.1) is 18.3 Å². The molecule has 1 aliphatic rings. The van der Waals surface area contributed by atoms with Gasteiger partial charge in [-0.3, -0.25) is 9.67 Å². The molecule has 2 aromatic heterocycles. The Labute approximate surface area is 145 Å². The van der Waals surface area contributed by atoms with E-state index in [9.17, 15) is 0 Å². The predicted octanol–water partition coefficient (Wildman–Crippen LogP) is 3.56. The molecule has 0 atom stereocenters. The van der Waals surface area contributed by atoms with E-state index in [1.54, 1.807) is 4.68 Å². The largest absolute Gasteiger partial charge is 0.454 e. The van der Waals surface area contributed by atoms with Crippen molar-refractivity contribution in [2.75, 3.05) is 6.79 Å². The summed E-state index contributed by atoms with van der Waals surface area (Å²) in [6, 6.07) is 13.9. The maximum absolute atomic E-state index is 8.85. The monoisotopic (exact) mass is 332 g/mol. The van der Waals surface area contributed by atoms with Crippen LogP contribution in [-0.4, -0.2) is 21.6 Å². The Morgan fingerprint density at radius 3 is 2.92 bits per heavy atom. The van der Waals surface area contributed by atoms with Crippen LogP contribution in [-0.2, 0) is 6.54 Å². The molecular weight excluding hydrogens is 316 g/mol. The van der Waals surface area contributed by atoms with Gasteiger partial charge in [0.25, 0.3) is 0 Å². The van der Waals surface area contributed by atoms with Gasteiger partial charge in [0.1, 0.15) is 5.69 Å². The highest BCUT2D eigenvalue weighted by Crippen LogP contribution is 2.38. The van der Waals surface area contributed by atoms with Crippen LogP contribution in [0.25, 0.3) is 22.5 Å². The Kier molecular flexibility index (Phi) is 3.82. The van der Waals surface area contributed by atoms with E-state index in [0.717, 1.165) is 39.7 Å². The minimum atomic E-state index is 0.243. The van der Waals surface area contributed by atoms with E-state index in [4.69, 9.17) is 14.7 Å². The number of hydrogen-bond donors (Lipinski definition) is 0. The molecule has 0 spiro atoms. The van der Waals surface area contributed by atoms with Crippen LogP contribution in [0.1, 0.15) is 12.1 Å². The summed E-state index contributed by atoms with van der Waals surface area (Å²) in [5.41, 5.74) is 4.46. The number of hydrogen-bond acceptors (Lipinski definition) is 5. The van der Waals surface area contributed by atoms with E-state index in [2.05, 4.69) is 16.2 Å². The average Bonchev–Trinajstić information content (AvgIpc) is 3.26. The van der Waals surface area contributed by atoms with Crippen LogP contribution < -0.4 is 9.47 Å². The Hall–Kier alpha value is -3.33. The van der Waals surface area contributed by atoms with Crippen molar-refractivity contribution in [2.45, 2.75) is 19.9 Å². The number of benzene rings is 1. The first kappa shape index (κ1) is 15.2. The van der Waals surface area contributed by atoms with Crippen LogP contribution in [0.15, 0.2) is 42.6 Å². The highest BCUT2D eigenvalue weighted by atomic mass is 16.7. The number of rotatable bonds is 4. The molecule has 1 aromatic carbocycles. The number of nitriles is 1. The normalized spacial score (nSPS) is 12.2. The number of fused-ring (bicyclic) bond motifs is 1. The molecule has 0 saturated carbocycles. The van der Waals surface area contributed by atoms with Crippen LogP contribution in [0.5, 0.6) is 11.5 Å². The fourth-order valence-corrected chi connectivity index (χ4v) is 2.84. The van der Waals surface area contributed by atoms with Crippen molar-refractivity contribution in [3.63, 3.8) is 0 Å². The zero-order chi connectivity index (χ0) is 17.2. The summed E-state index contributed by atoms with van der Waals surface area (Å²) >= 11 is 0. The SMILES string of the molecule is Cc1cccc(-c2nn(CCC#N)cc2-c2ccc3c(c2)OCO3)n1. The van der Waals surface area contributed by atoms with E-state index < -0.39 is 0 Å². The van der Waals surface area contributed by atoms with Gasteiger partial charge in [-0.2, -0.15) is 10.4 Å². The number of nitrogens with zero attached hydrogens (tertiary/aromatic N) is 4. The van der Waals surface area contributed by atoms with Gasteiger partial charge in [-0.1, -0.05) is 12.1 Å². The molecule has 3 aromatic rings. The molecule has 3 heterocycles. The molecule has 0 N–H and O–H groups in total. The van der Waals surface area contributed by atoms with Crippen molar-refractivity contribution in [1.29, 1.82) is 5.26 Å². The van der Waals surface area contributed by atoms with E-state index in [1.165, 1.54) is 0 Å². The molecule has 1 aliphatic heterocycles. The molecule has 0 amide bonds. The van der Waals surface area contributed by atoms with Gasteiger partial charge in [0.05, 0.1) is 24.7 Å². The third-order valence-corrected chi connectivity index (χ3v) is 4.03. The summed E-state index contributed by atoms with van der Waals surface area (Å²) in [6.45, 7) is 2.74. The number of ether oxygens (including phenoxy) is 2. The maximum Gasteiger partial charge on any atom is 0.231 e. The lowest BCUT2D eigenvalue weighted by atomic mass is 10.0. The predicted molar refractivity (Wildman–Crippen MR) is 92.0 cm³/mol. The first-order chi connectivity index (χ1) is 12.2. The fraction of sp³-hybridized carbons (Fsp3) is 0.211. The zero-order valence-corrected chi connectivity index (χ0v) is 13.8. The second kappa shape index (κ2) is 6.29. The van der Waals surface area contributed by atoms with Crippen molar-refractivity contribution in [3.8, 4) is 40.1 Å². The fourth-order valence-electron chi connectivity index (χ4n) is 2.84. The van der Waals surface area contributed by atoms with Crippen molar-refractivity contribution in [3.05, 3.63) is 48.3 Å². The molecule has 6 nitrogen and oxygen atoms in total. The summed E-state index contributed by atoms with van der Waals surface area (Å²) in [4.78, 5) is 4.60. The summed E-state index contributed by atoms with van der Waals surface area (Å²) in [5.74, 6) is 1.47. The molecule has 0 radical (unpaired) electrons. The first-order valence-electron chi connectivity index (χ1n) is 8.03. The highest BCUT2D eigenvalue weighted by Gasteiger charge is 2.18. The van der Waals surface area contributed by atoms with Gasteiger partial charge in [0.2, 0.25) is 6.79 Å². The molecule has 25 heavy (non-hydrogen) atoms. The average molecular weight is 332 g/mol. The molecule has 0 unspecified atom stereocenters. The molecule has 6 heteroatoms. The lowest BCUT2D eigenvalue weighted by Gasteiger charge is -2.04. The standard InChI is InChI=1S/C19H16N4O2/c1-13-4-2-5-16(21-13)19-15(11-23(22-19)9-3-8-20)14-6-7-17-18(10-14)25-12-24-17/h2,4-7,10-11H,3,9,12H2,1H3. The molecule has 4 rings (SSSR count). The van der Waals surface area contributed by atoms with E-state index in [0.29, 0.717) is 13.0 Å². The third-order valence-electron chi connectivity index (χ3n) is 4.03. The van der Waals surface area contributed by atoms with Crippen molar-refractivity contribution < 1.29 is 9.47 Å². The maximum atomic E-state index is 8.85. The highest BCUT2D eigenvalue weighted by molar-refractivity contribution is 5.80. The van der Waals surface area contributed by atoms with Crippen molar-refractivity contribution >= 4 is 0 Å². The molecule has 0 saturated heterocycles. The zero-order valence-electron chi connectivity index (χ0n) is 13.8. The summed E-state index contributed by atoms with van der Waals surface area (Å²) < 4.78 is 12.7. The Morgan fingerprint density at radius 1 is 1.20 bits per heavy atom. The lowest BCUT2D eigenvalue weighted by Crippen LogP contribution is -1.98. The minimum Gasteiger partial charge on any atom is -0.454 e. The number of aromatic nitrogens is 3. The molecule has 124 valence electrons. The van der Waals surface area contributed by atoms with Crippen molar-refractivity contribution in [1.82, 2.24) is 14.8 Å². The first-order valence-corrected chi connectivity index (χ1v) is 8.03. The number of aryl methyl sites for hydroxylation is 2. The molecule has 0 fully saturated rings. The van der Waals surface area contributed by atoms with Crippen LogP contribution >= 0.6 is 0 Å². The second-order valence-electron chi connectivity index (χ2n) is 5.79. The van der Waals surface area contributed by atoms with Gasteiger partial charge < -0.3 is 9.47 Å². The van der Waals surface area contributed by atoms with Gasteiger partial charge in [-0.05, 0) is 36.8 Å². The van der Waals surface area contributed by atoms with E-state index in [-0.39, 0.29) is 6.79 Å². The van der Waals surface area contributed by atoms with Crippen LogP contribution in [0.3, 0.4) is 0 Å². The van der Waals surface area contributed by atoms with Gasteiger partial charge in [0.15, 0.2) is 11.5 Å². The third kappa shape index (κ3) is 2.92. The lowest BCUT2D eigenvalue weighted by molar-refractivity contribution is 0.174.